The lowest BCUT2D eigenvalue weighted by Crippen LogP contribution is -2.68. The minimum Gasteiger partial charge on any atom is -0.472 e. The summed E-state index contributed by atoms with van der Waals surface area (Å²) < 4.78 is 28.0. The zero-order valence-electron chi connectivity index (χ0n) is 19.0. The van der Waals surface area contributed by atoms with Gasteiger partial charge in [-0.2, -0.15) is 0 Å². The summed E-state index contributed by atoms with van der Waals surface area (Å²) >= 11 is 0. The molecule has 3 heterocycles. The van der Waals surface area contributed by atoms with Crippen molar-refractivity contribution in [2.75, 3.05) is 13.2 Å². The monoisotopic (exact) mass is 460 g/mol. The van der Waals surface area contributed by atoms with E-state index in [2.05, 4.69) is 0 Å². The van der Waals surface area contributed by atoms with E-state index in [0.29, 0.717) is 25.0 Å². The second-order valence-corrected chi connectivity index (χ2v) is 9.86. The Balaban J connectivity index is 1.64. The van der Waals surface area contributed by atoms with E-state index in [9.17, 15) is 19.2 Å². The van der Waals surface area contributed by atoms with Crippen LogP contribution in [0.25, 0.3) is 0 Å². The van der Waals surface area contributed by atoms with Crippen LogP contribution < -0.4 is 0 Å². The van der Waals surface area contributed by atoms with Gasteiger partial charge in [-0.3, -0.25) is 19.2 Å². The third-order valence-corrected chi connectivity index (χ3v) is 8.42. The summed E-state index contributed by atoms with van der Waals surface area (Å²) in [5, 5.41) is 0. The first-order valence-corrected chi connectivity index (χ1v) is 11.4. The Labute approximate surface area is 191 Å². The van der Waals surface area contributed by atoms with E-state index in [4.69, 9.17) is 23.4 Å². The van der Waals surface area contributed by atoms with Crippen molar-refractivity contribution in [3.05, 3.63) is 24.2 Å². The van der Waals surface area contributed by atoms with Crippen LogP contribution >= 0.6 is 0 Å². The molecular formula is C24H28O9. The fourth-order valence-electron chi connectivity index (χ4n) is 6.86. The predicted molar refractivity (Wildman–Crippen MR) is 109 cm³/mol. The van der Waals surface area contributed by atoms with Crippen LogP contribution in [0.4, 0.5) is 0 Å². The van der Waals surface area contributed by atoms with Crippen LogP contribution in [0.1, 0.15) is 58.1 Å². The van der Waals surface area contributed by atoms with Crippen LogP contribution in [0.5, 0.6) is 0 Å². The van der Waals surface area contributed by atoms with Gasteiger partial charge in [0.05, 0.1) is 24.5 Å². The fraction of sp³-hybridized carbons (Fsp3) is 0.667. The molecule has 2 aliphatic heterocycles. The molecule has 1 aromatic heterocycles. The SMILES string of the molecule is CC(=O)OC[C@@]12C(=O)[C@H]3OC(=O)[C@@](C[C@H](OC(C)=O)c4ccoc4)(C1CCC[C@]21CO1)[C@@H]3C. The molecule has 1 spiro atoms. The topological polar surface area (TPSA) is 122 Å². The van der Waals surface area contributed by atoms with Crippen LogP contribution in [-0.2, 0) is 38.1 Å². The Morgan fingerprint density at radius 2 is 2.00 bits per heavy atom. The average Bonchev–Trinajstić information content (AvgIpc) is 3.25. The third kappa shape index (κ3) is 2.94. The van der Waals surface area contributed by atoms with E-state index in [1.54, 1.807) is 6.07 Å². The second kappa shape index (κ2) is 7.41. The van der Waals surface area contributed by atoms with Gasteiger partial charge >= 0.3 is 17.9 Å². The lowest BCUT2D eigenvalue weighted by Gasteiger charge is -2.56. The Morgan fingerprint density at radius 1 is 1.24 bits per heavy atom. The van der Waals surface area contributed by atoms with Gasteiger partial charge in [0.15, 0.2) is 11.9 Å². The summed E-state index contributed by atoms with van der Waals surface area (Å²) in [4.78, 5) is 51.3. The Hall–Kier alpha value is -2.68. The van der Waals surface area contributed by atoms with Gasteiger partial charge in [0.2, 0.25) is 0 Å². The zero-order chi connectivity index (χ0) is 23.6. The number of hydrogen-bond donors (Lipinski definition) is 0. The van der Waals surface area contributed by atoms with Crippen LogP contribution in [-0.4, -0.2) is 48.6 Å². The highest BCUT2D eigenvalue weighted by Gasteiger charge is 2.81. The van der Waals surface area contributed by atoms with Gasteiger partial charge in [0, 0.05) is 31.7 Å². The molecule has 4 fully saturated rings. The van der Waals surface area contributed by atoms with E-state index in [1.807, 2.05) is 6.92 Å². The van der Waals surface area contributed by atoms with Gasteiger partial charge in [-0.15, -0.1) is 0 Å². The van der Waals surface area contributed by atoms with E-state index in [1.165, 1.54) is 26.4 Å². The van der Waals surface area contributed by atoms with E-state index >= 15 is 0 Å². The number of carbonyl (C=O) groups excluding carboxylic acids is 4. The average molecular weight is 460 g/mol. The van der Waals surface area contributed by atoms with Gasteiger partial charge in [0.25, 0.3) is 0 Å². The van der Waals surface area contributed by atoms with Gasteiger partial charge < -0.3 is 23.4 Å². The summed E-state index contributed by atoms with van der Waals surface area (Å²) in [5.41, 5.74) is -2.45. The third-order valence-electron chi connectivity index (χ3n) is 8.42. The maximum Gasteiger partial charge on any atom is 0.313 e. The van der Waals surface area contributed by atoms with Gasteiger partial charge in [0.1, 0.15) is 23.7 Å². The summed E-state index contributed by atoms with van der Waals surface area (Å²) in [6.45, 7) is 4.67. The van der Waals surface area contributed by atoms with Gasteiger partial charge in [-0.05, 0) is 24.8 Å². The van der Waals surface area contributed by atoms with Crippen molar-refractivity contribution in [2.45, 2.75) is 64.3 Å². The molecule has 2 saturated heterocycles. The number of ether oxygens (including phenoxy) is 4. The van der Waals surface area contributed by atoms with Crippen LogP contribution in [0.3, 0.4) is 0 Å². The standard InChI is InChI=1S/C24H28O9/c1-13-19-20(27)24(12-30-14(2)25)18(5-4-7-22(24)11-31-22)23(13,21(28)33-19)9-17(32-15(3)26)16-6-8-29-10-16/h6,8,10,13,17-19H,4-5,7,9,11-12H2,1-3H3/t13-,17+,18?,19+,22+,23-,24+/m1/s1. The highest BCUT2D eigenvalue weighted by molar-refractivity contribution is 6.00. The van der Waals surface area contributed by atoms with E-state index in [-0.39, 0.29) is 18.8 Å². The molecule has 7 atom stereocenters. The summed E-state index contributed by atoms with van der Waals surface area (Å²) in [6.07, 6.45) is 3.36. The molecule has 0 amide bonds. The van der Waals surface area contributed by atoms with Crippen molar-refractivity contribution in [1.29, 1.82) is 0 Å². The smallest absolute Gasteiger partial charge is 0.313 e. The summed E-state index contributed by atoms with van der Waals surface area (Å²) in [5.74, 6) is -2.61. The Kier molecular flexibility index (Phi) is 4.97. The quantitative estimate of drug-likeness (QED) is 0.358. The van der Waals surface area contributed by atoms with Crippen molar-refractivity contribution in [3.63, 3.8) is 0 Å². The van der Waals surface area contributed by atoms with Crippen LogP contribution in [0, 0.1) is 22.7 Å². The first kappa shape index (κ1) is 22.1. The molecule has 1 unspecified atom stereocenters. The lowest BCUT2D eigenvalue weighted by atomic mass is 9.43. The first-order chi connectivity index (χ1) is 15.7. The number of esters is 3. The van der Waals surface area contributed by atoms with Gasteiger partial charge in [-0.25, -0.2) is 0 Å². The molecule has 2 aliphatic carbocycles. The van der Waals surface area contributed by atoms with E-state index < -0.39 is 58.4 Å². The minimum absolute atomic E-state index is 0.137. The molecular weight excluding hydrogens is 432 g/mol. The number of Topliss-reactive ketones (excluding diaryl/α,β-unsaturated/α-hetero) is 1. The van der Waals surface area contributed by atoms with E-state index in [0.717, 1.165) is 6.42 Å². The summed E-state index contributed by atoms with van der Waals surface area (Å²) in [6, 6.07) is 1.69. The maximum atomic E-state index is 13.9. The summed E-state index contributed by atoms with van der Waals surface area (Å²) in [7, 11) is 0. The molecule has 1 aromatic rings. The van der Waals surface area contributed by atoms with Crippen LogP contribution in [0.15, 0.2) is 23.0 Å². The first-order valence-electron chi connectivity index (χ1n) is 11.4. The molecule has 0 aromatic carbocycles. The molecule has 9 nitrogen and oxygen atoms in total. The number of rotatable bonds is 6. The molecule has 2 saturated carbocycles. The Bertz CT molecular complexity index is 994. The normalized spacial score (nSPS) is 39.5. The molecule has 9 heteroatoms. The van der Waals surface area contributed by atoms with Crippen molar-refractivity contribution in [1.82, 2.24) is 0 Å². The number of epoxide rings is 1. The molecule has 33 heavy (non-hydrogen) atoms. The molecule has 178 valence electrons. The molecule has 4 aliphatic rings. The highest BCUT2D eigenvalue weighted by atomic mass is 16.6. The molecule has 2 bridgehead atoms. The molecule has 5 rings (SSSR count). The number of fused-ring (bicyclic) bond motifs is 5. The maximum absolute atomic E-state index is 13.9. The second-order valence-electron chi connectivity index (χ2n) is 9.86. The van der Waals surface area contributed by atoms with Gasteiger partial charge in [-0.1, -0.05) is 13.3 Å². The number of hydrogen-bond acceptors (Lipinski definition) is 9. The van der Waals surface area contributed by atoms with Crippen molar-refractivity contribution in [3.8, 4) is 0 Å². The Morgan fingerprint density at radius 3 is 2.61 bits per heavy atom. The predicted octanol–water partition coefficient (Wildman–Crippen LogP) is 2.52. The fourth-order valence-corrected chi connectivity index (χ4v) is 6.86. The molecule has 0 N–H and O–H groups in total. The number of furan rings is 1. The van der Waals surface area contributed by atoms with Crippen LogP contribution in [0.2, 0.25) is 0 Å². The number of carbonyl (C=O) groups is 4. The molecule has 0 radical (unpaired) electrons. The largest absolute Gasteiger partial charge is 0.472 e. The van der Waals surface area contributed by atoms with Crippen molar-refractivity contribution < 1.29 is 42.5 Å². The lowest BCUT2D eigenvalue weighted by molar-refractivity contribution is -0.186. The van der Waals surface area contributed by atoms with Crippen molar-refractivity contribution >= 4 is 23.7 Å². The minimum atomic E-state index is -1.18. The number of ketones is 1. The van der Waals surface area contributed by atoms with Crippen molar-refractivity contribution in [2.24, 2.45) is 22.7 Å². The zero-order valence-corrected chi connectivity index (χ0v) is 19.0. The highest BCUT2D eigenvalue weighted by Crippen LogP contribution is 2.70.